The minimum Gasteiger partial charge on any atom is -1.00 e. The molecule has 0 spiro atoms. The van der Waals surface area contributed by atoms with Gasteiger partial charge in [0, 0.05) is 12.4 Å². The first-order chi connectivity index (χ1) is 9.18. The normalized spacial score (nSPS) is 11.7. The molecule has 108 valence electrons. The van der Waals surface area contributed by atoms with Crippen molar-refractivity contribution >= 4 is 20.2 Å². The van der Waals surface area contributed by atoms with Gasteiger partial charge in [0.2, 0.25) is 0 Å². The molecule has 0 fully saturated rings. The van der Waals surface area contributed by atoms with Gasteiger partial charge < -0.3 is 1.43 Å². The molecule has 21 heavy (non-hydrogen) atoms. The van der Waals surface area contributed by atoms with Gasteiger partial charge in [0.05, 0.1) is 11.4 Å². The molecule has 0 aliphatic carbocycles. The van der Waals surface area contributed by atoms with Crippen LogP contribution in [0.3, 0.4) is 0 Å². The van der Waals surface area contributed by atoms with Crippen LogP contribution in [-0.2, 0) is 20.2 Å². The van der Waals surface area contributed by atoms with Crippen molar-refractivity contribution in [3.8, 4) is 11.4 Å². The largest absolute Gasteiger partial charge is 1.00 e. The Balaban J connectivity index is 0.00000220. The summed E-state index contributed by atoms with van der Waals surface area (Å²) in [5.41, 5.74) is 0.554. The molecule has 2 aromatic heterocycles. The van der Waals surface area contributed by atoms with E-state index in [4.69, 9.17) is 9.11 Å². The third-order valence-corrected chi connectivity index (χ3v) is 4.01. The van der Waals surface area contributed by atoms with Gasteiger partial charge in [-0.05, 0) is 24.3 Å². The summed E-state index contributed by atoms with van der Waals surface area (Å²) in [5.74, 6) is 0. The minimum atomic E-state index is -4.32. The second-order valence-electron chi connectivity index (χ2n) is 3.71. The number of aromatic nitrogens is 2. The average molecular weight is 340 g/mol. The number of hydrogen-bond donors (Lipinski definition) is 2. The molecule has 0 aliphatic rings. The van der Waals surface area contributed by atoms with Crippen molar-refractivity contribution in [2.75, 3.05) is 0 Å². The van der Waals surface area contributed by atoms with Gasteiger partial charge in [-0.1, -0.05) is 0 Å². The van der Waals surface area contributed by atoms with Gasteiger partial charge in [-0.3, -0.25) is 19.1 Å². The molecule has 2 aromatic rings. The molecule has 2 rings (SSSR count). The summed E-state index contributed by atoms with van der Waals surface area (Å²) in [6.45, 7) is 0. The first kappa shape index (κ1) is 18.2. The van der Waals surface area contributed by atoms with Gasteiger partial charge in [-0.15, -0.1) is 0 Å². The standard InChI is InChI=1S/C10H8N2O6S2.Na.H/c13-19(14,15)7-1-3-9(11-5-7)10-4-2-8(6-12-10)20(16,17)18;;/h1-6H,(H,13,14,15)(H,16,17,18);;/q;+1;-1. The van der Waals surface area contributed by atoms with E-state index in [1.807, 2.05) is 0 Å². The Morgan fingerprint density at radius 1 is 0.762 bits per heavy atom. The van der Waals surface area contributed by atoms with Gasteiger partial charge in [0.25, 0.3) is 20.2 Å². The van der Waals surface area contributed by atoms with Crippen LogP contribution in [-0.4, -0.2) is 35.9 Å². The van der Waals surface area contributed by atoms with E-state index >= 15 is 0 Å². The third kappa shape index (κ3) is 4.54. The van der Waals surface area contributed by atoms with E-state index in [1.54, 1.807) is 0 Å². The zero-order valence-electron chi connectivity index (χ0n) is 11.7. The van der Waals surface area contributed by atoms with Gasteiger partial charge in [-0.2, -0.15) is 16.8 Å². The first-order valence-corrected chi connectivity index (χ1v) is 7.93. The van der Waals surface area contributed by atoms with E-state index in [9.17, 15) is 16.8 Å². The van der Waals surface area contributed by atoms with Crippen molar-refractivity contribution < 1.29 is 56.9 Å². The van der Waals surface area contributed by atoms with Crippen molar-refractivity contribution in [3.63, 3.8) is 0 Å². The molecule has 0 atom stereocenters. The van der Waals surface area contributed by atoms with E-state index in [0.29, 0.717) is 0 Å². The Labute approximate surface area is 144 Å². The Hall–Kier alpha value is -0.880. The van der Waals surface area contributed by atoms with E-state index in [-0.39, 0.29) is 52.2 Å². The fourth-order valence-electron chi connectivity index (χ4n) is 1.37. The molecule has 0 saturated carbocycles. The zero-order chi connectivity index (χ0) is 15.0. The molecule has 0 bridgehead atoms. The topological polar surface area (TPSA) is 135 Å². The Morgan fingerprint density at radius 2 is 1.10 bits per heavy atom. The molecule has 11 heteroatoms. The predicted octanol–water partition coefficient (Wildman–Crippen LogP) is -2.25. The van der Waals surface area contributed by atoms with Crippen LogP contribution in [0, 0.1) is 0 Å². The number of nitrogens with zero attached hydrogens (tertiary/aromatic N) is 2. The van der Waals surface area contributed by atoms with Gasteiger partial charge >= 0.3 is 29.6 Å². The fraction of sp³-hybridized carbons (Fsp3) is 0. The summed E-state index contributed by atoms with van der Waals surface area (Å²) < 4.78 is 61.0. The number of rotatable bonds is 3. The SMILES string of the molecule is O=S(=O)(O)c1ccc(-c2ccc(S(=O)(=O)O)cn2)nc1.[H-].[Na+]. The molecule has 0 saturated heterocycles. The molecule has 2 heterocycles. The fourth-order valence-corrected chi connectivity index (χ4v) is 2.22. The molecular weight excluding hydrogens is 331 g/mol. The smallest absolute Gasteiger partial charge is 1.00 e. The summed E-state index contributed by atoms with van der Waals surface area (Å²) in [5, 5.41) is 0. The molecule has 0 amide bonds. The van der Waals surface area contributed by atoms with Crippen LogP contribution >= 0.6 is 0 Å². The van der Waals surface area contributed by atoms with Crippen LogP contribution in [0.2, 0.25) is 0 Å². The van der Waals surface area contributed by atoms with Crippen LogP contribution in [0.5, 0.6) is 0 Å². The van der Waals surface area contributed by atoms with Crippen molar-refractivity contribution in [2.45, 2.75) is 9.79 Å². The van der Waals surface area contributed by atoms with Crippen LogP contribution in [0.4, 0.5) is 0 Å². The zero-order valence-corrected chi connectivity index (χ0v) is 14.3. The summed E-state index contributed by atoms with van der Waals surface area (Å²) in [6, 6.07) is 4.88. The second-order valence-corrected chi connectivity index (χ2v) is 6.55. The molecular formula is C10H9N2NaO6S2. The van der Waals surface area contributed by atoms with Gasteiger partial charge in [0.15, 0.2) is 0 Å². The van der Waals surface area contributed by atoms with E-state index in [1.165, 1.54) is 12.1 Å². The van der Waals surface area contributed by atoms with Crippen molar-refractivity contribution in [2.24, 2.45) is 0 Å². The van der Waals surface area contributed by atoms with Crippen LogP contribution in [0.25, 0.3) is 11.4 Å². The summed E-state index contributed by atoms with van der Waals surface area (Å²) in [4.78, 5) is 6.86. The summed E-state index contributed by atoms with van der Waals surface area (Å²) in [6.07, 6.45) is 1.89. The molecule has 0 aromatic carbocycles. The Morgan fingerprint density at radius 3 is 1.29 bits per heavy atom. The molecule has 0 unspecified atom stereocenters. The monoisotopic (exact) mass is 340 g/mol. The Bertz CT molecular complexity index is 764. The number of pyridine rings is 2. The maximum atomic E-state index is 10.8. The van der Waals surface area contributed by atoms with E-state index in [0.717, 1.165) is 24.5 Å². The van der Waals surface area contributed by atoms with Crippen molar-refractivity contribution in [3.05, 3.63) is 36.7 Å². The maximum Gasteiger partial charge on any atom is 1.00 e. The summed E-state index contributed by atoms with van der Waals surface area (Å²) in [7, 11) is -8.65. The minimum absolute atomic E-state index is 0. The second kappa shape index (κ2) is 6.48. The third-order valence-electron chi connectivity index (χ3n) is 2.33. The van der Waals surface area contributed by atoms with Crippen LogP contribution < -0.4 is 29.6 Å². The quantitative estimate of drug-likeness (QED) is 0.473. The molecule has 2 N–H and O–H groups in total. The van der Waals surface area contributed by atoms with E-state index < -0.39 is 20.2 Å². The number of hydrogen-bond acceptors (Lipinski definition) is 6. The van der Waals surface area contributed by atoms with Gasteiger partial charge in [-0.25, -0.2) is 0 Å². The van der Waals surface area contributed by atoms with Crippen molar-refractivity contribution in [1.29, 1.82) is 0 Å². The predicted molar refractivity (Wildman–Crippen MR) is 68.2 cm³/mol. The Kier molecular flexibility index (Phi) is 5.61. The molecule has 0 aliphatic heterocycles. The summed E-state index contributed by atoms with van der Waals surface area (Å²) >= 11 is 0. The van der Waals surface area contributed by atoms with Gasteiger partial charge in [0.1, 0.15) is 9.79 Å². The van der Waals surface area contributed by atoms with Crippen molar-refractivity contribution in [1.82, 2.24) is 9.97 Å². The van der Waals surface area contributed by atoms with E-state index in [2.05, 4.69) is 9.97 Å². The van der Waals surface area contributed by atoms with Crippen LogP contribution in [0.15, 0.2) is 46.5 Å². The first-order valence-electron chi connectivity index (χ1n) is 5.05. The molecule has 8 nitrogen and oxygen atoms in total. The van der Waals surface area contributed by atoms with Crippen LogP contribution in [0.1, 0.15) is 1.43 Å². The average Bonchev–Trinajstić information content (AvgIpc) is 2.37. The maximum absolute atomic E-state index is 10.8. The molecule has 0 radical (unpaired) electrons.